The Morgan fingerprint density at radius 2 is 1.26 bits per heavy atom. The van der Waals surface area contributed by atoms with E-state index in [0.29, 0.717) is 6.07 Å². The standard InChI is InChI=1S/C17H8Cl2F6O2/c1-17(2,8-5(15(18)26)3-4-6(20)10(8)21)9-7(16(19)27)11(22)13(24)14(25)12(9)23/h3-4H,1-2H3. The summed E-state index contributed by atoms with van der Waals surface area (Å²) in [6.07, 6.45) is 0. The zero-order chi connectivity index (χ0) is 20.8. The summed E-state index contributed by atoms with van der Waals surface area (Å²) in [5.74, 6) is -11.9. The van der Waals surface area contributed by atoms with Gasteiger partial charge in [-0.05, 0) is 35.3 Å². The van der Waals surface area contributed by atoms with Crippen LogP contribution in [-0.2, 0) is 5.41 Å². The van der Waals surface area contributed by atoms with Crippen LogP contribution in [-0.4, -0.2) is 10.5 Å². The van der Waals surface area contributed by atoms with Crippen molar-refractivity contribution in [3.8, 4) is 0 Å². The maximum atomic E-state index is 14.5. The van der Waals surface area contributed by atoms with Crippen LogP contribution >= 0.6 is 23.2 Å². The summed E-state index contributed by atoms with van der Waals surface area (Å²) in [6, 6.07) is 1.32. The zero-order valence-corrected chi connectivity index (χ0v) is 15.0. The van der Waals surface area contributed by atoms with Crippen molar-refractivity contribution < 1.29 is 35.9 Å². The maximum Gasteiger partial charge on any atom is 0.255 e. The summed E-state index contributed by atoms with van der Waals surface area (Å²) < 4.78 is 84.1. The van der Waals surface area contributed by atoms with Crippen molar-refractivity contribution in [3.05, 3.63) is 69.3 Å². The number of halogens is 8. The van der Waals surface area contributed by atoms with E-state index < -0.39 is 73.1 Å². The molecular formula is C17H8Cl2F6O2. The summed E-state index contributed by atoms with van der Waals surface area (Å²) in [4.78, 5) is 23.1. The maximum absolute atomic E-state index is 14.5. The highest BCUT2D eigenvalue weighted by Crippen LogP contribution is 2.42. The van der Waals surface area contributed by atoms with Gasteiger partial charge in [-0.1, -0.05) is 13.8 Å². The predicted octanol–water partition coefficient (Wildman–Crippen LogP) is 5.61. The normalized spacial score (nSPS) is 11.6. The largest absolute Gasteiger partial charge is 0.276 e. The Morgan fingerprint density at radius 3 is 1.74 bits per heavy atom. The van der Waals surface area contributed by atoms with Gasteiger partial charge in [0.05, 0.1) is 5.56 Å². The van der Waals surface area contributed by atoms with Gasteiger partial charge < -0.3 is 0 Å². The topological polar surface area (TPSA) is 34.1 Å². The molecule has 27 heavy (non-hydrogen) atoms. The molecule has 2 aromatic carbocycles. The number of rotatable bonds is 4. The second-order valence-corrected chi connectivity index (χ2v) is 6.65. The van der Waals surface area contributed by atoms with Crippen LogP contribution in [0.2, 0.25) is 0 Å². The molecule has 0 radical (unpaired) electrons. The molecule has 144 valence electrons. The van der Waals surface area contributed by atoms with Gasteiger partial charge >= 0.3 is 0 Å². The molecule has 0 aliphatic rings. The summed E-state index contributed by atoms with van der Waals surface area (Å²) >= 11 is 10.5. The fraction of sp³-hybridized carbons (Fsp3) is 0.176. The first kappa shape index (κ1) is 21.2. The van der Waals surface area contributed by atoms with Crippen molar-refractivity contribution in [2.45, 2.75) is 19.3 Å². The zero-order valence-electron chi connectivity index (χ0n) is 13.5. The molecule has 2 nitrogen and oxygen atoms in total. The van der Waals surface area contributed by atoms with E-state index in [1.807, 2.05) is 0 Å². The highest BCUT2D eigenvalue weighted by Gasteiger charge is 2.41. The van der Waals surface area contributed by atoms with Crippen LogP contribution in [0.1, 0.15) is 45.7 Å². The van der Waals surface area contributed by atoms with Crippen molar-refractivity contribution in [3.63, 3.8) is 0 Å². The molecule has 0 saturated heterocycles. The highest BCUT2D eigenvalue weighted by atomic mass is 35.5. The van der Waals surface area contributed by atoms with Crippen molar-refractivity contribution in [1.29, 1.82) is 0 Å². The molecule has 0 atom stereocenters. The van der Waals surface area contributed by atoms with E-state index in [2.05, 4.69) is 0 Å². The van der Waals surface area contributed by atoms with Crippen molar-refractivity contribution >= 4 is 33.7 Å². The summed E-state index contributed by atoms with van der Waals surface area (Å²) in [7, 11) is 0. The Balaban J connectivity index is 3.06. The molecule has 0 heterocycles. The third kappa shape index (κ3) is 3.32. The Labute approximate surface area is 158 Å². The third-order valence-corrected chi connectivity index (χ3v) is 4.41. The van der Waals surface area contributed by atoms with Crippen LogP contribution in [0.4, 0.5) is 26.3 Å². The van der Waals surface area contributed by atoms with E-state index in [1.54, 1.807) is 0 Å². The van der Waals surface area contributed by atoms with Gasteiger partial charge in [0.2, 0.25) is 0 Å². The van der Waals surface area contributed by atoms with Gasteiger partial charge in [0, 0.05) is 22.1 Å². The van der Waals surface area contributed by atoms with Crippen LogP contribution in [0.15, 0.2) is 12.1 Å². The number of benzene rings is 2. The van der Waals surface area contributed by atoms with E-state index in [-0.39, 0.29) is 0 Å². The first-order valence-corrected chi connectivity index (χ1v) is 7.84. The highest BCUT2D eigenvalue weighted by molar-refractivity contribution is 6.68. The molecule has 0 aromatic heterocycles. The molecule has 0 bridgehead atoms. The lowest BCUT2D eigenvalue weighted by molar-refractivity contribution is 0.107. The molecule has 0 aliphatic heterocycles. The summed E-state index contributed by atoms with van der Waals surface area (Å²) in [5.41, 5.74) is -6.45. The van der Waals surface area contributed by atoms with Crippen LogP contribution < -0.4 is 0 Å². The van der Waals surface area contributed by atoms with Gasteiger partial charge in [-0.15, -0.1) is 0 Å². The number of hydrogen-bond donors (Lipinski definition) is 0. The molecule has 0 amide bonds. The Kier molecular flexibility index (Phi) is 5.64. The van der Waals surface area contributed by atoms with Crippen LogP contribution in [0.5, 0.6) is 0 Å². The number of hydrogen-bond acceptors (Lipinski definition) is 2. The van der Waals surface area contributed by atoms with E-state index in [0.717, 1.165) is 19.9 Å². The number of carbonyl (C=O) groups is 2. The molecule has 0 spiro atoms. The van der Waals surface area contributed by atoms with Crippen molar-refractivity contribution in [2.24, 2.45) is 0 Å². The van der Waals surface area contributed by atoms with Gasteiger partial charge in [-0.3, -0.25) is 9.59 Å². The Hall–Kier alpha value is -2.06. The van der Waals surface area contributed by atoms with Crippen LogP contribution in [0.25, 0.3) is 0 Å². The molecule has 0 fully saturated rings. The van der Waals surface area contributed by atoms with Gasteiger partial charge in [-0.2, -0.15) is 0 Å². The predicted molar refractivity (Wildman–Crippen MR) is 85.1 cm³/mol. The minimum absolute atomic E-state index is 0.556. The van der Waals surface area contributed by atoms with Crippen molar-refractivity contribution in [2.75, 3.05) is 0 Å². The monoisotopic (exact) mass is 428 g/mol. The molecule has 2 aromatic rings. The lowest BCUT2D eigenvalue weighted by Gasteiger charge is -2.30. The molecule has 0 unspecified atom stereocenters. The van der Waals surface area contributed by atoms with E-state index >= 15 is 0 Å². The van der Waals surface area contributed by atoms with E-state index in [4.69, 9.17) is 23.2 Å². The Morgan fingerprint density at radius 1 is 0.741 bits per heavy atom. The Bertz CT molecular complexity index is 988. The van der Waals surface area contributed by atoms with Crippen LogP contribution in [0.3, 0.4) is 0 Å². The minimum atomic E-state index is -2.32. The van der Waals surface area contributed by atoms with E-state index in [1.165, 1.54) is 0 Å². The minimum Gasteiger partial charge on any atom is -0.276 e. The van der Waals surface area contributed by atoms with Gasteiger partial charge in [0.25, 0.3) is 10.5 Å². The molecule has 0 aliphatic carbocycles. The van der Waals surface area contributed by atoms with Gasteiger partial charge in [0.1, 0.15) is 0 Å². The average molecular weight is 429 g/mol. The molecule has 0 saturated carbocycles. The second-order valence-electron chi connectivity index (χ2n) is 5.96. The first-order valence-electron chi connectivity index (χ1n) is 7.08. The van der Waals surface area contributed by atoms with E-state index in [9.17, 15) is 35.9 Å². The molecule has 2 rings (SSSR count). The quantitative estimate of drug-likeness (QED) is 0.274. The fourth-order valence-corrected chi connectivity index (χ4v) is 3.19. The van der Waals surface area contributed by atoms with Crippen LogP contribution in [0, 0.1) is 34.9 Å². The molecule has 0 N–H and O–H groups in total. The summed E-state index contributed by atoms with van der Waals surface area (Å²) in [6.45, 7) is 1.85. The number of carbonyl (C=O) groups excluding carboxylic acids is 2. The average Bonchev–Trinajstić information content (AvgIpc) is 2.57. The molecule has 10 heteroatoms. The SMILES string of the molecule is CC(C)(c1c(C(=O)Cl)ccc(F)c1F)c1c(F)c(F)c(F)c(F)c1C(=O)Cl. The second kappa shape index (κ2) is 7.16. The van der Waals surface area contributed by atoms with Gasteiger partial charge in [0.15, 0.2) is 34.9 Å². The fourth-order valence-electron chi connectivity index (χ4n) is 2.85. The lowest BCUT2D eigenvalue weighted by Crippen LogP contribution is -2.29. The molecular weight excluding hydrogens is 421 g/mol. The smallest absolute Gasteiger partial charge is 0.255 e. The first-order chi connectivity index (χ1) is 12.3. The van der Waals surface area contributed by atoms with Gasteiger partial charge in [-0.25, -0.2) is 26.3 Å². The lowest BCUT2D eigenvalue weighted by atomic mass is 9.73. The van der Waals surface area contributed by atoms with Crippen molar-refractivity contribution in [1.82, 2.24) is 0 Å². The summed E-state index contributed by atoms with van der Waals surface area (Å²) in [5, 5.41) is -3.01. The third-order valence-electron chi connectivity index (χ3n) is 4.02.